The van der Waals surface area contributed by atoms with Crippen LogP contribution in [-0.2, 0) is 9.59 Å². The van der Waals surface area contributed by atoms with E-state index in [1.807, 2.05) is 6.92 Å². The normalized spacial score (nSPS) is 52.3. The summed E-state index contributed by atoms with van der Waals surface area (Å²) >= 11 is 0. The Hall–Kier alpha value is -0.920. The van der Waals surface area contributed by atoms with Crippen LogP contribution in [0.25, 0.3) is 0 Å². The van der Waals surface area contributed by atoms with Gasteiger partial charge in [0.05, 0.1) is 0 Å². The van der Waals surface area contributed by atoms with E-state index in [-0.39, 0.29) is 5.41 Å². The van der Waals surface area contributed by atoms with Gasteiger partial charge in [-0.15, -0.1) is 0 Å². The molecule has 0 aliphatic heterocycles. The molecule has 5 rings (SSSR count). The quantitative estimate of drug-likeness (QED) is 0.698. The largest absolute Gasteiger partial charge is 0.300 e. The fourth-order valence-corrected chi connectivity index (χ4v) is 8.39. The zero-order valence-corrected chi connectivity index (χ0v) is 15.1. The van der Waals surface area contributed by atoms with Gasteiger partial charge in [0.2, 0.25) is 0 Å². The summed E-state index contributed by atoms with van der Waals surface area (Å²) in [4.78, 5) is 24.3. The first-order valence-electron chi connectivity index (χ1n) is 10.2. The lowest BCUT2D eigenvalue weighted by molar-refractivity contribution is -0.128. The molecule has 7 atom stereocenters. The molecule has 2 bridgehead atoms. The van der Waals surface area contributed by atoms with Crippen molar-refractivity contribution in [3.63, 3.8) is 0 Å². The summed E-state index contributed by atoms with van der Waals surface area (Å²) in [6.07, 6.45) is 12.8. The highest BCUT2D eigenvalue weighted by Crippen LogP contribution is 2.71. The van der Waals surface area contributed by atoms with Gasteiger partial charge >= 0.3 is 0 Å². The molecule has 130 valence electrons. The van der Waals surface area contributed by atoms with Crippen LogP contribution in [0.4, 0.5) is 0 Å². The van der Waals surface area contributed by atoms with Crippen LogP contribution < -0.4 is 0 Å². The van der Waals surface area contributed by atoms with Crippen LogP contribution in [-0.4, -0.2) is 11.6 Å². The Bertz CT molecular complexity index is 646. The van der Waals surface area contributed by atoms with Gasteiger partial charge in [0.1, 0.15) is 5.78 Å². The lowest BCUT2D eigenvalue weighted by Crippen LogP contribution is -2.51. The molecule has 2 nitrogen and oxygen atoms in total. The van der Waals surface area contributed by atoms with Crippen LogP contribution in [0.1, 0.15) is 71.6 Å². The summed E-state index contributed by atoms with van der Waals surface area (Å²) in [5.74, 6) is 4.15. The van der Waals surface area contributed by atoms with E-state index in [0.717, 1.165) is 37.0 Å². The second-order valence-electron chi connectivity index (χ2n) is 9.86. The molecule has 2 heteroatoms. The van der Waals surface area contributed by atoms with Crippen molar-refractivity contribution in [2.45, 2.75) is 71.6 Å². The number of Topliss-reactive ketones (excluding diaryl/α,β-unsaturated/α-hetero) is 1. The predicted molar refractivity (Wildman–Crippen MR) is 93.3 cm³/mol. The molecule has 0 aromatic carbocycles. The van der Waals surface area contributed by atoms with Crippen molar-refractivity contribution in [3.05, 3.63) is 11.6 Å². The van der Waals surface area contributed by atoms with Crippen LogP contribution in [0, 0.1) is 40.4 Å². The lowest BCUT2D eigenvalue weighted by Gasteiger charge is -2.58. The number of fused-ring (bicyclic) bond motifs is 3. The van der Waals surface area contributed by atoms with Crippen molar-refractivity contribution < 1.29 is 9.59 Å². The van der Waals surface area contributed by atoms with E-state index in [9.17, 15) is 9.59 Å². The van der Waals surface area contributed by atoms with Crippen molar-refractivity contribution in [3.8, 4) is 0 Å². The molecular formula is C22H30O2. The minimum absolute atomic E-state index is 0.259. The van der Waals surface area contributed by atoms with E-state index in [2.05, 4.69) is 13.0 Å². The fraction of sp³-hybridized carbons (Fsp3) is 0.818. The molecule has 5 aliphatic rings. The first kappa shape index (κ1) is 15.3. The molecule has 4 saturated carbocycles. The third kappa shape index (κ3) is 1.73. The third-order valence-electron chi connectivity index (χ3n) is 9.28. The van der Waals surface area contributed by atoms with Gasteiger partial charge in [-0.1, -0.05) is 12.5 Å². The molecular weight excluding hydrogens is 296 g/mol. The highest BCUT2D eigenvalue weighted by atomic mass is 16.1. The molecule has 0 saturated heterocycles. The maximum atomic E-state index is 12.2. The first-order chi connectivity index (χ1) is 11.5. The molecule has 5 aliphatic carbocycles. The average molecular weight is 326 g/mol. The van der Waals surface area contributed by atoms with Gasteiger partial charge in [-0.2, -0.15) is 0 Å². The molecule has 0 aromatic heterocycles. The summed E-state index contributed by atoms with van der Waals surface area (Å²) in [6, 6.07) is 0. The van der Waals surface area contributed by atoms with Crippen LogP contribution in [0.2, 0.25) is 0 Å². The topological polar surface area (TPSA) is 34.1 Å². The van der Waals surface area contributed by atoms with Crippen LogP contribution in [0.15, 0.2) is 11.6 Å². The van der Waals surface area contributed by atoms with E-state index in [1.165, 1.54) is 38.5 Å². The number of ketones is 2. The average Bonchev–Trinajstić information content (AvgIpc) is 3.02. The highest BCUT2D eigenvalue weighted by Gasteiger charge is 2.63. The Balaban J connectivity index is 1.54. The molecule has 0 heterocycles. The number of hydrogen-bond donors (Lipinski definition) is 0. The highest BCUT2D eigenvalue weighted by molar-refractivity contribution is 5.92. The predicted octanol–water partition coefficient (Wildman–Crippen LogP) is 4.72. The van der Waals surface area contributed by atoms with Crippen molar-refractivity contribution >= 4 is 11.6 Å². The van der Waals surface area contributed by atoms with Crippen molar-refractivity contribution in [1.82, 2.24) is 0 Å². The van der Waals surface area contributed by atoms with Gasteiger partial charge in [0.25, 0.3) is 0 Å². The Morgan fingerprint density at radius 2 is 1.92 bits per heavy atom. The molecule has 0 spiro atoms. The number of allylic oxidation sites excluding steroid dienone is 1. The van der Waals surface area contributed by atoms with Gasteiger partial charge in [0, 0.05) is 12.3 Å². The molecule has 24 heavy (non-hydrogen) atoms. The Kier molecular flexibility index (Phi) is 3.09. The second kappa shape index (κ2) is 4.83. The van der Waals surface area contributed by atoms with Crippen molar-refractivity contribution in [2.24, 2.45) is 40.4 Å². The summed E-state index contributed by atoms with van der Waals surface area (Å²) < 4.78 is 0. The molecule has 0 amide bonds. The van der Waals surface area contributed by atoms with Crippen LogP contribution in [0.5, 0.6) is 0 Å². The Morgan fingerprint density at radius 1 is 1.08 bits per heavy atom. The number of carbonyl (C=O) groups excluding carboxylic acids is 2. The maximum Gasteiger partial charge on any atom is 0.155 e. The van der Waals surface area contributed by atoms with Crippen LogP contribution in [0.3, 0.4) is 0 Å². The molecule has 4 unspecified atom stereocenters. The SMILES string of the molecule is CC(=O)[C@H]1CCC2C3CC4CC[C@@]5(CCC(=O)C=C45)C3CC[C@@]21C. The van der Waals surface area contributed by atoms with Gasteiger partial charge in [-0.25, -0.2) is 0 Å². The minimum Gasteiger partial charge on any atom is -0.300 e. The minimum atomic E-state index is 0.259. The van der Waals surface area contributed by atoms with Gasteiger partial charge in [-0.05, 0) is 98.9 Å². The third-order valence-corrected chi connectivity index (χ3v) is 9.28. The van der Waals surface area contributed by atoms with E-state index in [0.29, 0.717) is 28.8 Å². The van der Waals surface area contributed by atoms with E-state index in [1.54, 1.807) is 5.57 Å². The summed E-state index contributed by atoms with van der Waals surface area (Å²) in [7, 11) is 0. The van der Waals surface area contributed by atoms with E-state index in [4.69, 9.17) is 0 Å². The molecule has 0 aromatic rings. The Morgan fingerprint density at radius 3 is 2.71 bits per heavy atom. The van der Waals surface area contributed by atoms with Crippen LogP contribution >= 0.6 is 0 Å². The van der Waals surface area contributed by atoms with E-state index >= 15 is 0 Å². The zero-order chi connectivity index (χ0) is 16.7. The van der Waals surface area contributed by atoms with Gasteiger partial charge in [-0.3, -0.25) is 9.59 Å². The summed E-state index contributed by atoms with van der Waals surface area (Å²) in [5.41, 5.74) is 2.19. The smallest absolute Gasteiger partial charge is 0.155 e. The molecule has 0 radical (unpaired) electrons. The summed E-state index contributed by atoms with van der Waals surface area (Å²) in [5, 5.41) is 0. The second-order valence-corrected chi connectivity index (χ2v) is 9.86. The number of rotatable bonds is 1. The van der Waals surface area contributed by atoms with E-state index < -0.39 is 0 Å². The number of hydrogen-bond acceptors (Lipinski definition) is 2. The molecule has 0 N–H and O–H groups in total. The fourth-order valence-electron chi connectivity index (χ4n) is 8.39. The first-order valence-corrected chi connectivity index (χ1v) is 10.2. The molecule has 4 fully saturated rings. The maximum absolute atomic E-state index is 12.2. The van der Waals surface area contributed by atoms with Crippen molar-refractivity contribution in [2.75, 3.05) is 0 Å². The summed E-state index contributed by atoms with van der Waals surface area (Å²) in [6.45, 7) is 4.25. The van der Waals surface area contributed by atoms with Gasteiger partial charge < -0.3 is 0 Å². The standard InChI is InChI=1S/C22H30O2/c1-13(23)17-3-4-18-16-11-14-5-9-22(10-6-15(24)12-20(14)22)19(16)7-8-21(17,18)2/h12,14,16-19H,3-11H2,1-2H3/t14?,16?,17-,18?,19?,21-,22-/m1/s1. The Labute approximate surface area is 145 Å². The monoisotopic (exact) mass is 326 g/mol. The zero-order valence-electron chi connectivity index (χ0n) is 15.1. The van der Waals surface area contributed by atoms with Crippen molar-refractivity contribution in [1.29, 1.82) is 0 Å². The van der Waals surface area contributed by atoms with Gasteiger partial charge in [0.15, 0.2) is 5.78 Å². The number of carbonyl (C=O) groups is 2. The lowest BCUT2D eigenvalue weighted by atomic mass is 9.46.